The number of hydrogen-bond donors (Lipinski definition) is 1. The molecule has 0 radical (unpaired) electrons. The van der Waals surface area contributed by atoms with Gasteiger partial charge in [0, 0.05) is 44.3 Å². The summed E-state index contributed by atoms with van der Waals surface area (Å²) in [6.07, 6.45) is 2.47. The maximum Gasteiger partial charge on any atom is 0.335 e. The molecule has 1 saturated heterocycles. The molecule has 1 aromatic carbocycles. The maximum absolute atomic E-state index is 12.5. The number of piperazine rings is 1. The van der Waals surface area contributed by atoms with Crippen molar-refractivity contribution in [2.45, 2.75) is 45.1 Å². The first-order valence-corrected chi connectivity index (χ1v) is 11.7. The number of amides is 1. The van der Waals surface area contributed by atoms with Crippen LogP contribution in [0.15, 0.2) is 24.3 Å². The number of nitrogens with zero attached hydrogens (tertiary/aromatic N) is 4. The maximum atomic E-state index is 12.5. The van der Waals surface area contributed by atoms with Gasteiger partial charge in [-0.2, -0.15) is 5.26 Å². The fourth-order valence-electron chi connectivity index (χ4n) is 4.66. The van der Waals surface area contributed by atoms with E-state index < -0.39 is 5.97 Å². The molecule has 4 rings (SSSR count). The number of benzene rings is 1. The number of anilines is 1. The number of hydrogen-bond acceptors (Lipinski definition) is 6. The van der Waals surface area contributed by atoms with Gasteiger partial charge in [-0.05, 0) is 49.9 Å². The number of carboxylic acids is 1. The average molecular weight is 463 g/mol. The summed E-state index contributed by atoms with van der Waals surface area (Å²) in [6.45, 7) is 6.01. The zero-order chi connectivity index (χ0) is 24.4. The highest BCUT2D eigenvalue weighted by atomic mass is 16.5. The topological polar surface area (TPSA) is 107 Å². The summed E-state index contributed by atoms with van der Waals surface area (Å²) >= 11 is 0. The summed E-state index contributed by atoms with van der Waals surface area (Å²) in [6, 6.07) is 9.49. The highest BCUT2D eigenvalue weighted by Gasteiger charge is 2.33. The number of carboxylic acid groups (broad SMARTS) is 1. The van der Waals surface area contributed by atoms with Crippen molar-refractivity contribution in [1.29, 1.82) is 5.26 Å². The molecule has 0 spiro atoms. The van der Waals surface area contributed by atoms with Crippen molar-refractivity contribution in [2.24, 2.45) is 0 Å². The van der Waals surface area contributed by atoms with Crippen LogP contribution in [-0.4, -0.2) is 66.3 Å². The lowest BCUT2D eigenvalue weighted by atomic mass is 9.95. The number of methoxy groups -OCH3 is 1. The van der Waals surface area contributed by atoms with Crippen LogP contribution in [0, 0.1) is 18.3 Å². The molecule has 1 aromatic heterocycles. The van der Waals surface area contributed by atoms with Crippen LogP contribution < -0.4 is 4.90 Å². The van der Waals surface area contributed by atoms with E-state index in [1.54, 1.807) is 26.2 Å². The van der Waals surface area contributed by atoms with Crippen LogP contribution >= 0.6 is 0 Å². The number of pyridine rings is 1. The van der Waals surface area contributed by atoms with E-state index in [1.165, 1.54) is 0 Å². The molecule has 0 unspecified atom stereocenters. The Morgan fingerprint density at radius 3 is 2.62 bits per heavy atom. The molecule has 1 N–H and O–H groups in total. The Morgan fingerprint density at radius 1 is 1.26 bits per heavy atom. The molecule has 34 heavy (non-hydrogen) atoms. The van der Waals surface area contributed by atoms with Crippen molar-refractivity contribution in [1.82, 2.24) is 9.88 Å². The second-order valence-electron chi connectivity index (χ2n) is 9.14. The molecule has 1 atom stereocenters. The van der Waals surface area contributed by atoms with Gasteiger partial charge in [0.25, 0.3) is 0 Å². The Balaban J connectivity index is 1.65. The third kappa shape index (κ3) is 4.75. The lowest BCUT2D eigenvalue weighted by Crippen LogP contribution is -2.54. The van der Waals surface area contributed by atoms with E-state index in [4.69, 9.17) is 9.72 Å². The van der Waals surface area contributed by atoms with Crippen molar-refractivity contribution >= 4 is 17.7 Å². The highest BCUT2D eigenvalue weighted by Crippen LogP contribution is 2.45. The normalized spacial score (nSPS) is 18.0. The summed E-state index contributed by atoms with van der Waals surface area (Å²) < 4.78 is 5.04. The van der Waals surface area contributed by atoms with Crippen molar-refractivity contribution in [3.8, 4) is 17.2 Å². The van der Waals surface area contributed by atoms with Crippen LogP contribution in [0.4, 0.5) is 5.82 Å². The Labute approximate surface area is 199 Å². The second-order valence-corrected chi connectivity index (χ2v) is 9.14. The van der Waals surface area contributed by atoms with Gasteiger partial charge in [-0.3, -0.25) is 4.79 Å². The standard InChI is InChI=1S/C26H30N4O4/c1-16-12-19(6-7-21(16)26(32)33)22-13-20(14-27)25(28-24(22)18-4-5-18)29-9-10-30(17(2)15-29)23(31)8-11-34-3/h6-7,12-13,17-18H,4-5,8-11,15H2,1-3H3,(H,32,33)/t17-/m1/s1. The SMILES string of the molecule is COCCC(=O)N1CCN(c2nc(C3CC3)c(-c3ccc(C(=O)O)c(C)c3)cc2C#N)C[C@H]1C. The van der Waals surface area contributed by atoms with E-state index in [0.717, 1.165) is 29.7 Å². The van der Waals surface area contributed by atoms with E-state index in [2.05, 4.69) is 11.0 Å². The minimum absolute atomic E-state index is 0.00159. The molecule has 178 valence electrons. The van der Waals surface area contributed by atoms with E-state index in [-0.39, 0.29) is 17.5 Å². The van der Waals surface area contributed by atoms with Crippen molar-refractivity contribution in [2.75, 3.05) is 38.3 Å². The van der Waals surface area contributed by atoms with Gasteiger partial charge >= 0.3 is 5.97 Å². The van der Waals surface area contributed by atoms with Crippen molar-refractivity contribution in [3.05, 3.63) is 46.6 Å². The predicted octanol–water partition coefficient (Wildman–Crippen LogP) is 3.58. The zero-order valence-electron chi connectivity index (χ0n) is 19.9. The third-order valence-electron chi connectivity index (χ3n) is 6.65. The van der Waals surface area contributed by atoms with Crippen LogP contribution in [0.5, 0.6) is 0 Å². The number of carbonyl (C=O) groups is 2. The molecular formula is C26H30N4O4. The number of aryl methyl sites for hydroxylation is 1. The van der Waals surface area contributed by atoms with E-state index in [1.807, 2.05) is 24.0 Å². The predicted molar refractivity (Wildman–Crippen MR) is 128 cm³/mol. The van der Waals surface area contributed by atoms with E-state index in [0.29, 0.717) is 55.5 Å². The molecule has 1 saturated carbocycles. The fourth-order valence-corrected chi connectivity index (χ4v) is 4.66. The summed E-state index contributed by atoms with van der Waals surface area (Å²) in [5, 5.41) is 19.3. The van der Waals surface area contributed by atoms with Gasteiger partial charge in [0.15, 0.2) is 0 Å². The molecule has 8 heteroatoms. The monoisotopic (exact) mass is 462 g/mol. The molecule has 1 amide bonds. The molecule has 0 bridgehead atoms. The van der Waals surface area contributed by atoms with Gasteiger partial charge in [0.05, 0.1) is 29.8 Å². The lowest BCUT2D eigenvalue weighted by molar-refractivity contribution is -0.134. The van der Waals surface area contributed by atoms with Gasteiger partial charge in [-0.25, -0.2) is 9.78 Å². The van der Waals surface area contributed by atoms with Crippen LogP contribution in [-0.2, 0) is 9.53 Å². The molecule has 8 nitrogen and oxygen atoms in total. The number of carbonyl (C=O) groups excluding carboxylic acids is 1. The highest BCUT2D eigenvalue weighted by molar-refractivity contribution is 5.90. The number of ether oxygens (including phenoxy) is 1. The first-order chi connectivity index (χ1) is 16.3. The molecule has 2 aromatic rings. The lowest BCUT2D eigenvalue weighted by Gasteiger charge is -2.41. The Bertz CT molecular complexity index is 1150. The number of nitriles is 1. The molecule has 2 fully saturated rings. The number of rotatable bonds is 7. The van der Waals surface area contributed by atoms with Crippen molar-refractivity contribution in [3.63, 3.8) is 0 Å². The van der Waals surface area contributed by atoms with Crippen LogP contribution in [0.1, 0.15) is 59.3 Å². The van der Waals surface area contributed by atoms with Gasteiger partial charge in [0.2, 0.25) is 5.91 Å². The number of aromatic carboxylic acids is 1. The first kappa shape index (κ1) is 23.7. The van der Waals surface area contributed by atoms with Gasteiger partial charge in [-0.15, -0.1) is 0 Å². The Hall–Kier alpha value is -3.44. The van der Waals surface area contributed by atoms with Crippen LogP contribution in [0.25, 0.3) is 11.1 Å². The average Bonchev–Trinajstić information content (AvgIpc) is 3.66. The van der Waals surface area contributed by atoms with Crippen LogP contribution in [0.2, 0.25) is 0 Å². The first-order valence-electron chi connectivity index (χ1n) is 11.7. The molecular weight excluding hydrogens is 432 g/mol. The van der Waals surface area contributed by atoms with E-state index in [9.17, 15) is 20.0 Å². The Morgan fingerprint density at radius 2 is 2.03 bits per heavy atom. The minimum atomic E-state index is -0.952. The summed E-state index contributed by atoms with van der Waals surface area (Å²) in [5.41, 5.74) is 4.17. The summed E-state index contributed by atoms with van der Waals surface area (Å²) in [4.78, 5) is 32.9. The van der Waals surface area contributed by atoms with Gasteiger partial charge in [0.1, 0.15) is 11.9 Å². The van der Waals surface area contributed by atoms with Gasteiger partial charge < -0.3 is 19.6 Å². The minimum Gasteiger partial charge on any atom is -0.478 e. The Kier molecular flexibility index (Phi) is 6.85. The summed E-state index contributed by atoms with van der Waals surface area (Å²) in [7, 11) is 1.59. The zero-order valence-corrected chi connectivity index (χ0v) is 19.9. The summed E-state index contributed by atoms with van der Waals surface area (Å²) in [5.74, 6) is 0.140. The fraction of sp³-hybridized carbons (Fsp3) is 0.462. The molecule has 2 aliphatic rings. The quantitative estimate of drug-likeness (QED) is 0.670. The second kappa shape index (κ2) is 9.82. The van der Waals surface area contributed by atoms with Gasteiger partial charge in [-0.1, -0.05) is 12.1 Å². The number of aromatic nitrogens is 1. The van der Waals surface area contributed by atoms with Crippen molar-refractivity contribution < 1.29 is 19.4 Å². The third-order valence-corrected chi connectivity index (χ3v) is 6.65. The molecule has 2 heterocycles. The van der Waals surface area contributed by atoms with E-state index >= 15 is 0 Å². The molecule has 1 aliphatic carbocycles. The largest absolute Gasteiger partial charge is 0.478 e. The smallest absolute Gasteiger partial charge is 0.335 e. The molecule has 1 aliphatic heterocycles. The van der Waals surface area contributed by atoms with Crippen LogP contribution in [0.3, 0.4) is 0 Å².